The van der Waals surface area contributed by atoms with E-state index in [2.05, 4.69) is 45.5 Å². The zero-order valence-corrected chi connectivity index (χ0v) is 18.5. The molecular formula is C22H28IN3O2. The molecule has 1 N–H and O–H groups in total. The van der Waals surface area contributed by atoms with Crippen molar-refractivity contribution in [1.82, 2.24) is 10.2 Å². The second-order valence-electron chi connectivity index (χ2n) is 7.82. The van der Waals surface area contributed by atoms with Gasteiger partial charge in [-0.05, 0) is 24.3 Å². The maximum Gasteiger partial charge on any atom is 0.193 e. The fourth-order valence-corrected chi connectivity index (χ4v) is 5.11. The van der Waals surface area contributed by atoms with Crippen molar-refractivity contribution in [3.8, 4) is 5.75 Å². The van der Waals surface area contributed by atoms with E-state index in [4.69, 9.17) is 9.47 Å². The first-order valence-corrected chi connectivity index (χ1v) is 10.0. The average Bonchev–Trinajstić information content (AvgIpc) is 3.41. The van der Waals surface area contributed by atoms with Crippen molar-refractivity contribution in [2.45, 2.75) is 25.0 Å². The van der Waals surface area contributed by atoms with Crippen molar-refractivity contribution in [2.75, 3.05) is 33.3 Å². The molecule has 3 fully saturated rings. The molecule has 3 aliphatic rings. The van der Waals surface area contributed by atoms with Gasteiger partial charge < -0.3 is 19.7 Å². The molecule has 6 heteroatoms. The third-order valence-corrected chi connectivity index (χ3v) is 6.36. The minimum Gasteiger partial charge on any atom is -0.491 e. The molecule has 4 atom stereocenters. The van der Waals surface area contributed by atoms with Gasteiger partial charge in [0.15, 0.2) is 5.96 Å². The van der Waals surface area contributed by atoms with Crippen LogP contribution in [0.1, 0.15) is 12.8 Å². The van der Waals surface area contributed by atoms with Crippen LogP contribution in [0.3, 0.4) is 0 Å². The van der Waals surface area contributed by atoms with E-state index in [1.54, 1.807) is 0 Å². The van der Waals surface area contributed by atoms with E-state index in [1.807, 2.05) is 19.2 Å². The predicted octanol–water partition coefficient (Wildman–Crippen LogP) is 3.52. The molecule has 3 heterocycles. The summed E-state index contributed by atoms with van der Waals surface area (Å²) in [5.41, 5.74) is 0. The van der Waals surface area contributed by atoms with Crippen LogP contribution in [0.25, 0.3) is 10.8 Å². The molecule has 0 saturated carbocycles. The molecule has 0 spiro atoms. The van der Waals surface area contributed by atoms with Crippen LogP contribution in [0.2, 0.25) is 0 Å². The van der Waals surface area contributed by atoms with E-state index in [0.717, 1.165) is 36.7 Å². The zero-order valence-electron chi connectivity index (χ0n) is 16.2. The largest absolute Gasteiger partial charge is 0.491 e. The highest BCUT2D eigenvalue weighted by molar-refractivity contribution is 14.0. The number of hydrogen-bond donors (Lipinski definition) is 1. The molecule has 3 saturated heterocycles. The smallest absolute Gasteiger partial charge is 0.193 e. The summed E-state index contributed by atoms with van der Waals surface area (Å²) in [6, 6.07) is 14.5. The first-order valence-electron chi connectivity index (χ1n) is 10.0. The van der Waals surface area contributed by atoms with Gasteiger partial charge in [-0.1, -0.05) is 36.4 Å². The molecule has 3 aliphatic heterocycles. The van der Waals surface area contributed by atoms with Crippen LogP contribution in [0.5, 0.6) is 5.75 Å². The van der Waals surface area contributed by atoms with E-state index in [-0.39, 0.29) is 24.0 Å². The first-order chi connectivity index (χ1) is 13.3. The summed E-state index contributed by atoms with van der Waals surface area (Å²) in [7, 11) is 1.87. The first kappa shape index (κ1) is 19.8. The summed E-state index contributed by atoms with van der Waals surface area (Å²) < 4.78 is 12.1. The topological polar surface area (TPSA) is 46.1 Å². The lowest BCUT2D eigenvalue weighted by Crippen LogP contribution is -2.42. The van der Waals surface area contributed by atoms with Crippen molar-refractivity contribution < 1.29 is 9.47 Å². The van der Waals surface area contributed by atoms with Crippen LogP contribution in [-0.2, 0) is 4.74 Å². The number of nitrogens with one attached hydrogen (secondary N) is 1. The third-order valence-electron chi connectivity index (χ3n) is 6.36. The Bertz CT molecular complexity index is 835. The van der Waals surface area contributed by atoms with E-state index in [9.17, 15) is 0 Å². The summed E-state index contributed by atoms with van der Waals surface area (Å²) in [5.74, 6) is 3.31. The Labute approximate surface area is 183 Å². The molecule has 0 amide bonds. The molecule has 2 bridgehead atoms. The van der Waals surface area contributed by atoms with Gasteiger partial charge in [0.1, 0.15) is 12.4 Å². The molecule has 0 aliphatic carbocycles. The molecular weight excluding hydrogens is 465 g/mol. The molecule has 5 nitrogen and oxygen atoms in total. The second kappa shape index (κ2) is 8.45. The van der Waals surface area contributed by atoms with Crippen molar-refractivity contribution in [3.05, 3.63) is 42.5 Å². The molecule has 2 aromatic carbocycles. The summed E-state index contributed by atoms with van der Waals surface area (Å²) in [5, 5.41) is 5.85. The van der Waals surface area contributed by atoms with Crippen LogP contribution in [-0.4, -0.2) is 56.4 Å². The Hall–Kier alpha value is -1.54. The van der Waals surface area contributed by atoms with Gasteiger partial charge in [0.2, 0.25) is 0 Å². The van der Waals surface area contributed by atoms with Crippen LogP contribution in [0.15, 0.2) is 47.5 Å². The van der Waals surface area contributed by atoms with Gasteiger partial charge in [0, 0.05) is 37.4 Å². The molecule has 5 rings (SSSR count). The number of aliphatic imine (C=N–C) groups is 1. The molecule has 0 aromatic heterocycles. The number of guanidine groups is 1. The fourth-order valence-electron chi connectivity index (χ4n) is 5.11. The molecule has 4 unspecified atom stereocenters. The monoisotopic (exact) mass is 493 g/mol. The van der Waals surface area contributed by atoms with E-state index >= 15 is 0 Å². The van der Waals surface area contributed by atoms with E-state index < -0.39 is 0 Å². The highest BCUT2D eigenvalue weighted by Gasteiger charge is 2.53. The van der Waals surface area contributed by atoms with Crippen LogP contribution in [0.4, 0.5) is 0 Å². The number of halogens is 1. The zero-order chi connectivity index (χ0) is 18.2. The number of hydrogen-bond acceptors (Lipinski definition) is 3. The Kier molecular flexibility index (Phi) is 5.96. The Balaban J connectivity index is 0.00000192. The summed E-state index contributed by atoms with van der Waals surface area (Å²) in [6.45, 7) is 3.48. The number of nitrogens with zero attached hydrogens (tertiary/aromatic N) is 2. The number of fused-ring (bicyclic) bond motifs is 6. The molecule has 0 radical (unpaired) electrons. The Morgan fingerprint density at radius 2 is 1.82 bits per heavy atom. The van der Waals surface area contributed by atoms with Crippen molar-refractivity contribution in [3.63, 3.8) is 0 Å². The Morgan fingerprint density at radius 3 is 2.57 bits per heavy atom. The second-order valence-corrected chi connectivity index (χ2v) is 7.82. The van der Waals surface area contributed by atoms with Crippen LogP contribution >= 0.6 is 24.0 Å². The lowest BCUT2D eigenvalue weighted by atomic mass is 9.82. The highest BCUT2D eigenvalue weighted by atomic mass is 127. The van der Waals surface area contributed by atoms with E-state index in [1.165, 1.54) is 18.2 Å². The fraction of sp³-hybridized carbons (Fsp3) is 0.500. The minimum absolute atomic E-state index is 0. The van der Waals surface area contributed by atoms with Crippen LogP contribution < -0.4 is 10.1 Å². The minimum atomic E-state index is 0. The maximum absolute atomic E-state index is 6.08. The summed E-state index contributed by atoms with van der Waals surface area (Å²) in [6.07, 6.45) is 3.45. The van der Waals surface area contributed by atoms with Crippen molar-refractivity contribution in [1.29, 1.82) is 0 Å². The standard InChI is InChI=1S/C22H27N3O2.HI/c1-23-22(25-13-17-18(14-25)21-10-9-20(17)27-21)24-11-12-26-19-8-4-6-15-5-2-3-7-16(15)19;/h2-8,17-18,20-21H,9-14H2,1H3,(H,23,24);1H. The van der Waals surface area contributed by atoms with Crippen molar-refractivity contribution >= 4 is 40.7 Å². The van der Waals surface area contributed by atoms with Gasteiger partial charge in [0.05, 0.1) is 18.8 Å². The third kappa shape index (κ3) is 3.56. The number of ether oxygens (including phenoxy) is 2. The highest BCUT2D eigenvalue weighted by Crippen LogP contribution is 2.47. The van der Waals surface area contributed by atoms with Gasteiger partial charge in [0.25, 0.3) is 0 Å². The molecule has 28 heavy (non-hydrogen) atoms. The van der Waals surface area contributed by atoms with Gasteiger partial charge in [-0.25, -0.2) is 0 Å². The van der Waals surface area contributed by atoms with Gasteiger partial charge in [-0.3, -0.25) is 4.99 Å². The number of rotatable bonds is 4. The lowest BCUT2D eigenvalue weighted by Gasteiger charge is -2.23. The van der Waals surface area contributed by atoms with Gasteiger partial charge in [-0.2, -0.15) is 0 Å². The number of likely N-dealkylation sites (tertiary alicyclic amines) is 1. The molecule has 150 valence electrons. The summed E-state index contributed by atoms with van der Waals surface area (Å²) >= 11 is 0. The average molecular weight is 493 g/mol. The normalized spacial score (nSPS) is 28.3. The van der Waals surface area contributed by atoms with Crippen molar-refractivity contribution in [2.24, 2.45) is 16.8 Å². The predicted molar refractivity (Wildman–Crippen MR) is 123 cm³/mol. The van der Waals surface area contributed by atoms with Crippen LogP contribution in [0, 0.1) is 11.8 Å². The summed E-state index contributed by atoms with van der Waals surface area (Å²) in [4.78, 5) is 6.90. The Morgan fingerprint density at radius 1 is 1.11 bits per heavy atom. The van der Waals surface area contributed by atoms with E-state index in [0.29, 0.717) is 30.7 Å². The lowest BCUT2D eigenvalue weighted by molar-refractivity contribution is 0.0767. The number of benzene rings is 2. The molecule has 2 aromatic rings. The SMILES string of the molecule is CN=C(NCCOc1cccc2ccccc12)N1CC2C3CCC(O3)C2C1.I. The quantitative estimate of drug-likeness (QED) is 0.307. The van der Waals surface area contributed by atoms with Gasteiger partial charge >= 0.3 is 0 Å². The van der Waals surface area contributed by atoms with Gasteiger partial charge in [-0.15, -0.1) is 24.0 Å². The maximum atomic E-state index is 6.08.